The van der Waals surface area contributed by atoms with Crippen LogP contribution in [0.3, 0.4) is 0 Å². The van der Waals surface area contributed by atoms with E-state index in [0.29, 0.717) is 12.6 Å². The van der Waals surface area contributed by atoms with Crippen molar-refractivity contribution in [3.05, 3.63) is 58.9 Å². The van der Waals surface area contributed by atoms with E-state index in [1.807, 2.05) is 36.3 Å². The number of nitrogens with one attached hydrogen (secondary N) is 1. The molecule has 4 rings (SSSR count). The van der Waals surface area contributed by atoms with Gasteiger partial charge < -0.3 is 9.88 Å². The molecule has 6 nitrogen and oxygen atoms in total. The lowest BCUT2D eigenvalue weighted by Gasteiger charge is -2.23. The molecule has 0 aliphatic heterocycles. The van der Waals surface area contributed by atoms with Crippen LogP contribution < -0.4 is 10.9 Å². The predicted octanol–water partition coefficient (Wildman–Crippen LogP) is 4.56. The Labute approximate surface area is 171 Å². The van der Waals surface area contributed by atoms with Gasteiger partial charge in [-0.3, -0.25) is 4.79 Å². The summed E-state index contributed by atoms with van der Waals surface area (Å²) in [5, 5.41) is 8.10. The van der Waals surface area contributed by atoms with E-state index in [-0.39, 0.29) is 5.56 Å². The van der Waals surface area contributed by atoms with Crippen LogP contribution in [-0.2, 0) is 6.54 Å². The summed E-state index contributed by atoms with van der Waals surface area (Å²) in [4.78, 5) is 16.7. The lowest BCUT2D eigenvalue weighted by Crippen LogP contribution is -2.22. The van der Waals surface area contributed by atoms with Gasteiger partial charge >= 0.3 is 0 Å². The second-order valence-corrected chi connectivity index (χ2v) is 7.90. The van der Waals surface area contributed by atoms with Gasteiger partial charge in [-0.1, -0.05) is 26.2 Å². The lowest BCUT2D eigenvalue weighted by molar-refractivity contribution is 0.462. The highest BCUT2D eigenvalue weighted by molar-refractivity contribution is 5.66. The average molecular weight is 392 g/mol. The highest BCUT2D eigenvalue weighted by Gasteiger charge is 2.14. The Morgan fingerprint density at radius 2 is 1.93 bits per heavy atom. The van der Waals surface area contributed by atoms with Crippen molar-refractivity contribution in [2.45, 2.75) is 65.0 Å². The molecular weight excluding hydrogens is 362 g/mol. The first kappa shape index (κ1) is 19.4. The Hall–Kier alpha value is -2.89. The standard InChI is InChI=1S/C23H29N5O/c1-3-13-27-16-20(9-12-23(27)29)28-15-18(14-24-28)21-10-11-22(25-17(21)2)26-19-7-5-4-6-8-19/h9-12,14-16,19H,3-8,13H2,1-2H3,(H,25,26). The molecule has 152 valence electrons. The predicted molar refractivity (Wildman–Crippen MR) is 117 cm³/mol. The molecule has 0 amide bonds. The summed E-state index contributed by atoms with van der Waals surface area (Å²) in [7, 11) is 0. The van der Waals surface area contributed by atoms with Crippen molar-refractivity contribution in [3.8, 4) is 16.8 Å². The summed E-state index contributed by atoms with van der Waals surface area (Å²) in [6.45, 7) is 4.81. The van der Waals surface area contributed by atoms with Crippen LogP contribution in [0.2, 0.25) is 0 Å². The zero-order valence-corrected chi connectivity index (χ0v) is 17.3. The van der Waals surface area contributed by atoms with Crippen LogP contribution in [0, 0.1) is 6.92 Å². The van der Waals surface area contributed by atoms with E-state index in [1.54, 1.807) is 10.6 Å². The lowest BCUT2D eigenvalue weighted by atomic mass is 9.95. The molecule has 3 aromatic heterocycles. The van der Waals surface area contributed by atoms with E-state index < -0.39 is 0 Å². The highest BCUT2D eigenvalue weighted by atomic mass is 16.1. The van der Waals surface area contributed by atoms with E-state index >= 15 is 0 Å². The zero-order chi connectivity index (χ0) is 20.2. The number of aromatic nitrogens is 4. The number of anilines is 1. The number of nitrogens with zero attached hydrogens (tertiary/aromatic N) is 4. The Bertz CT molecular complexity index is 1030. The van der Waals surface area contributed by atoms with Crippen molar-refractivity contribution in [2.75, 3.05) is 5.32 Å². The molecule has 0 spiro atoms. The van der Waals surface area contributed by atoms with Crippen LogP contribution in [0.4, 0.5) is 5.82 Å². The molecule has 0 radical (unpaired) electrons. The van der Waals surface area contributed by atoms with Crippen LogP contribution in [0.25, 0.3) is 16.8 Å². The van der Waals surface area contributed by atoms with Gasteiger partial charge in [-0.15, -0.1) is 0 Å². The van der Waals surface area contributed by atoms with Gasteiger partial charge in [0.05, 0.1) is 11.9 Å². The monoisotopic (exact) mass is 391 g/mol. The third-order valence-corrected chi connectivity index (χ3v) is 5.63. The quantitative estimate of drug-likeness (QED) is 0.669. The van der Waals surface area contributed by atoms with Crippen molar-refractivity contribution in [3.63, 3.8) is 0 Å². The smallest absolute Gasteiger partial charge is 0.250 e. The molecule has 0 bridgehead atoms. The van der Waals surface area contributed by atoms with Gasteiger partial charge in [0.1, 0.15) is 5.82 Å². The summed E-state index contributed by atoms with van der Waals surface area (Å²) < 4.78 is 3.55. The van der Waals surface area contributed by atoms with Crippen molar-refractivity contribution in [1.82, 2.24) is 19.3 Å². The third-order valence-electron chi connectivity index (χ3n) is 5.63. The molecule has 29 heavy (non-hydrogen) atoms. The van der Waals surface area contributed by atoms with Gasteiger partial charge in [-0.25, -0.2) is 9.67 Å². The van der Waals surface area contributed by atoms with Gasteiger partial charge in [0.15, 0.2) is 0 Å². The first-order valence-corrected chi connectivity index (χ1v) is 10.6. The van der Waals surface area contributed by atoms with Gasteiger partial charge in [0.2, 0.25) is 0 Å². The molecule has 3 heterocycles. The molecule has 0 aromatic carbocycles. The number of hydrogen-bond acceptors (Lipinski definition) is 4. The van der Waals surface area contributed by atoms with E-state index in [0.717, 1.165) is 34.7 Å². The Morgan fingerprint density at radius 1 is 1.10 bits per heavy atom. The van der Waals surface area contributed by atoms with E-state index in [2.05, 4.69) is 29.5 Å². The highest BCUT2D eigenvalue weighted by Crippen LogP contribution is 2.26. The molecule has 1 saturated carbocycles. The maximum atomic E-state index is 12.0. The minimum Gasteiger partial charge on any atom is -0.367 e. The molecule has 0 saturated heterocycles. The molecule has 0 atom stereocenters. The summed E-state index contributed by atoms with van der Waals surface area (Å²) in [6, 6.07) is 8.14. The van der Waals surface area contributed by atoms with Crippen molar-refractivity contribution < 1.29 is 0 Å². The van der Waals surface area contributed by atoms with Crippen molar-refractivity contribution in [2.24, 2.45) is 0 Å². The molecule has 1 aliphatic rings. The van der Waals surface area contributed by atoms with Gasteiger partial charge in [-0.05, 0) is 44.4 Å². The normalized spacial score (nSPS) is 14.8. The fraction of sp³-hybridized carbons (Fsp3) is 0.435. The first-order chi connectivity index (χ1) is 14.1. The van der Waals surface area contributed by atoms with Crippen LogP contribution in [0.5, 0.6) is 0 Å². The first-order valence-electron chi connectivity index (χ1n) is 10.6. The molecular formula is C23H29N5O. The van der Waals surface area contributed by atoms with Gasteiger partial charge in [0, 0.05) is 47.9 Å². The minimum absolute atomic E-state index is 0.0177. The topological polar surface area (TPSA) is 64.7 Å². The summed E-state index contributed by atoms with van der Waals surface area (Å²) in [5.74, 6) is 0.956. The Balaban J connectivity index is 1.54. The number of aryl methyl sites for hydroxylation is 2. The van der Waals surface area contributed by atoms with E-state index in [4.69, 9.17) is 4.98 Å². The van der Waals surface area contributed by atoms with Gasteiger partial charge in [0.25, 0.3) is 5.56 Å². The van der Waals surface area contributed by atoms with Crippen LogP contribution >= 0.6 is 0 Å². The second kappa shape index (κ2) is 8.64. The fourth-order valence-electron chi connectivity index (χ4n) is 4.08. The molecule has 6 heteroatoms. The molecule has 0 unspecified atom stereocenters. The third kappa shape index (κ3) is 4.42. The van der Waals surface area contributed by atoms with E-state index in [1.165, 1.54) is 32.1 Å². The number of hydrogen-bond donors (Lipinski definition) is 1. The SMILES string of the molecule is CCCn1cc(-n2cc(-c3ccc(NC4CCCCC4)nc3C)cn2)ccc1=O. The molecule has 1 N–H and O–H groups in total. The van der Waals surface area contributed by atoms with Gasteiger partial charge in [-0.2, -0.15) is 5.10 Å². The largest absolute Gasteiger partial charge is 0.367 e. The maximum Gasteiger partial charge on any atom is 0.250 e. The Morgan fingerprint density at radius 3 is 2.69 bits per heavy atom. The Kier molecular flexibility index (Phi) is 5.79. The van der Waals surface area contributed by atoms with Crippen molar-refractivity contribution in [1.29, 1.82) is 0 Å². The molecule has 3 aromatic rings. The minimum atomic E-state index is 0.0177. The summed E-state index contributed by atoms with van der Waals surface area (Å²) in [5.41, 5.74) is 3.98. The maximum absolute atomic E-state index is 12.0. The van der Waals surface area contributed by atoms with Crippen LogP contribution in [0.1, 0.15) is 51.1 Å². The van der Waals surface area contributed by atoms with E-state index in [9.17, 15) is 4.79 Å². The molecule has 1 aliphatic carbocycles. The summed E-state index contributed by atoms with van der Waals surface area (Å²) in [6.07, 6.45) is 13.1. The number of pyridine rings is 2. The average Bonchev–Trinajstić information content (AvgIpc) is 3.20. The summed E-state index contributed by atoms with van der Waals surface area (Å²) >= 11 is 0. The molecule has 1 fully saturated rings. The fourth-order valence-corrected chi connectivity index (χ4v) is 4.08. The number of rotatable bonds is 6. The van der Waals surface area contributed by atoms with Crippen LogP contribution in [-0.4, -0.2) is 25.4 Å². The second-order valence-electron chi connectivity index (χ2n) is 7.90. The van der Waals surface area contributed by atoms with Crippen LogP contribution in [0.15, 0.2) is 47.7 Å². The zero-order valence-electron chi connectivity index (χ0n) is 17.3. The van der Waals surface area contributed by atoms with Crippen molar-refractivity contribution >= 4 is 5.82 Å².